The van der Waals surface area contributed by atoms with E-state index in [-0.39, 0.29) is 5.56 Å². The minimum absolute atomic E-state index is 0.0100. The number of aryl methyl sites for hydroxylation is 1. The van der Waals surface area contributed by atoms with E-state index in [4.69, 9.17) is 0 Å². The van der Waals surface area contributed by atoms with E-state index < -0.39 is 0 Å². The maximum absolute atomic E-state index is 11.8. The minimum Gasteiger partial charge on any atom is -0.309 e. The number of thioether (sulfide) groups is 2. The van der Waals surface area contributed by atoms with Gasteiger partial charge in [0.2, 0.25) is 0 Å². The third-order valence-electron chi connectivity index (χ3n) is 2.74. The fourth-order valence-electron chi connectivity index (χ4n) is 1.83. The second kappa shape index (κ2) is 5.97. The summed E-state index contributed by atoms with van der Waals surface area (Å²) in [6, 6.07) is 0. The molecule has 3 nitrogen and oxygen atoms in total. The standard InChI is InChI=1S/C11H15IN2OS2/c1-3-7-8(12)11(15)14-10(13-7)9-6(2)16-4-5-17-9/h6,9H,3-5H2,1-2H3,(H,13,14,15). The quantitative estimate of drug-likeness (QED) is 0.800. The highest BCUT2D eigenvalue weighted by Gasteiger charge is 2.26. The summed E-state index contributed by atoms with van der Waals surface area (Å²) in [5.74, 6) is 3.19. The first-order chi connectivity index (χ1) is 8.13. The highest BCUT2D eigenvalue weighted by atomic mass is 127. The number of halogens is 1. The van der Waals surface area contributed by atoms with Crippen LogP contribution < -0.4 is 5.56 Å². The fraction of sp³-hybridized carbons (Fsp3) is 0.636. The molecule has 1 aliphatic heterocycles. The van der Waals surface area contributed by atoms with Crippen molar-refractivity contribution in [2.45, 2.75) is 30.8 Å². The van der Waals surface area contributed by atoms with E-state index in [9.17, 15) is 4.79 Å². The lowest BCUT2D eigenvalue weighted by Gasteiger charge is -2.27. The third-order valence-corrected chi connectivity index (χ3v) is 6.95. The largest absolute Gasteiger partial charge is 0.309 e. The topological polar surface area (TPSA) is 45.8 Å². The summed E-state index contributed by atoms with van der Waals surface area (Å²) in [6.45, 7) is 4.25. The van der Waals surface area contributed by atoms with E-state index >= 15 is 0 Å². The Kier molecular flexibility index (Phi) is 4.82. The van der Waals surface area contributed by atoms with Gasteiger partial charge in [0.25, 0.3) is 5.56 Å². The molecule has 0 aromatic carbocycles. The first-order valence-electron chi connectivity index (χ1n) is 5.65. The Labute approximate surface area is 123 Å². The summed E-state index contributed by atoms with van der Waals surface area (Å²) in [5.41, 5.74) is 0.934. The van der Waals surface area contributed by atoms with Gasteiger partial charge >= 0.3 is 0 Å². The van der Waals surface area contributed by atoms with Crippen LogP contribution in [-0.4, -0.2) is 26.7 Å². The number of aromatic nitrogens is 2. The van der Waals surface area contributed by atoms with E-state index in [2.05, 4.69) is 39.5 Å². The molecule has 0 spiro atoms. The predicted molar refractivity (Wildman–Crippen MR) is 84.1 cm³/mol. The van der Waals surface area contributed by atoms with Crippen LogP contribution in [0.15, 0.2) is 4.79 Å². The lowest BCUT2D eigenvalue weighted by molar-refractivity contribution is 0.789. The number of hydrogen-bond donors (Lipinski definition) is 1. The van der Waals surface area contributed by atoms with Gasteiger partial charge < -0.3 is 4.98 Å². The van der Waals surface area contributed by atoms with Crippen LogP contribution in [0, 0.1) is 3.57 Å². The molecule has 6 heteroatoms. The lowest BCUT2D eigenvalue weighted by atomic mass is 10.2. The van der Waals surface area contributed by atoms with Crippen molar-refractivity contribution >= 4 is 46.1 Å². The highest BCUT2D eigenvalue weighted by molar-refractivity contribution is 14.1. The molecule has 1 aromatic rings. The van der Waals surface area contributed by atoms with Gasteiger partial charge in [-0.2, -0.15) is 11.8 Å². The Hall–Kier alpha value is 0.310. The van der Waals surface area contributed by atoms with Crippen LogP contribution in [0.1, 0.15) is 30.6 Å². The monoisotopic (exact) mass is 382 g/mol. The molecule has 1 fully saturated rings. The second-order valence-electron chi connectivity index (χ2n) is 3.93. The van der Waals surface area contributed by atoms with Gasteiger partial charge in [0.1, 0.15) is 5.82 Å². The maximum Gasteiger partial charge on any atom is 0.264 e. The molecule has 0 bridgehead atoms. The maximum atomic E-state index is 11.8. The molecule has 0 amide bonds. The zero-order valence-corrected chi connectivity index (χ0v) is 13.6. The average molecular weight is 382 g/mol. The van der Waals surface area contributed by atoms with Crippen molar-refractivity contribution in [3.8, 4) is 0 Å². The van der Waals surface area contributed by atoms with Gasteiger partial charge in [-0.25, -0.2) is 4.98 Å². The molecular formula is C11H15IN2OS2. The van der Waals surface area contributed by atoms with Crippen molar-refractivity contribution in [3.05, 3.63) is 25.4 Å². The molecule has 1 aromatic heterocycles. The van der Waals surface area contributed by atoms with Crippen LogP contribution >= 0.6 is 46.1 Å². The molecule has 1 saturated heterocycles. The molecule has 94 valence electrons. The third kappa shape index (κ3) is 3.01. The van der Waals surface area contributed by atoms with Gasteiger partial charge in [-0.1, -0.05) is 13.8 Å². The van der Waals surface area contributed by atoms with Crippen LogP contribution in [0.3, 0.4) is 0 Å². The second-order valence-corrected chi connectivity index (χ2v) is 7.75. The smallest absolute Gasteiger partial charge is 0.264 e. The van der Waals surface area contributed by atoms with Gasteiger partial charge in [-0.15, -0.1) is 11.8 Å². The SMILES string of the molecule is CCc1nc(C2SCCSC2C)[nH]c(=O)c1I. The highest BCUT2D eigenvalue weighted by Crippen LogP contribution is 2.40. The van der Waals surface area contributed by atoms with Crippen molar-refractivity contribution in [2.24, 2.45) is 0 Å². The first-order valence-corrected chi connectivity index (χ1v) is 8.83. The molecule has 2 heterocycles. The van der Waals surface area contributed by atoms with E-state index in [1.165, 1.54) is 5.75 Å². The molecule has 2 unspecified atom stereocenters. The number of rotatable bonds is 2. The predicted octanol–water partition coefficient (Wildman–Crippen LogP) is 2.85. The molecule has 2 atom stereocenters. The van der Waals surface area contributed by atoms with Crippen LogP contribution in [0.4, 0.5) is 0 Å². The van der Waals surface area contributed by atoms with E-state index in [0.29, 0.717) is 10.5 Å². The van der Waals surface area contributed by atoms with Crippen molar-refractivity contribution in [1.82, 2.24) is 9.97 Å². The first kappa shape index (κ1) is 13.7. The molecular weight excluding hydrogens is 367 g/mol. The van der Waals surface area contributed by atoms with Crippen molar-refractivity contribution in [1.29, 1.82) is 0 Å². The van der Waals surface area contributed by atoms with Crippen molar-refractivity contribution < 1.29 is 0 Å². The van der Waals surface area contributed by atoms with Crippen molar-refractivity contribution in [2.75, 3.05) is 11.5 Å². The average Bonchev–Trinajstić information content (AvgIpc) is 2.33. The number of hydrogen-bond acceptors (Lipinski definition) is 4. The number of nitrogens with one attached hydrogen (secondary N) is 1. The molecule has 0 aliphatic carbocycles. The Balaban J connectivity index is 2.38. The summed E-state index contributed by atoms with van der Waals surface area (Å²) in [6.07, 6.45) is 0.814. The molecule has 1 aliphatic rings. The van der Waals surface area contributed by atoms with Crippen molar-refractivity contribution in [3.63, 3.8) is 0 Å². The molecule has 0 radical (unpaired) electrons. The molecule has 1 N–H and O–H groups in total. The van der Waals surface area contributed by atoms with Crippen LogP contribution in [0.25, 0.3) is 0 Å². The van der Waals surface area contributed by atoms with Crippen LogP contribution in [0.5, 0.6) is 0 Å². The summed E-state index contributed by atoms with van der Waals surface area (Å²) < 4.78 is 0.731. The Morgan fingerprint density at radius 3 is 2.82 bits per heavy atom. The fourth-order valence-corrected chi connectivity index (χ4v) is 5.17. The molecule has 0 saturated carbocycles. The van der Waals surface area contributed by atoms with E-state index in [1.807, 2.05) is 30.4 Å². The minimum atomic E-state index is 0.0100. The molecule has 2 rings (SSSR count). The normalized spacial score (nSPS) is 24.9. The zero-order chi connectivity index (χ0) is 12.4. The lowest BCUT2D eigenvalue weighted by Crippen LogP contribution is -2.24. The zero-order valence-electron chi connectivity index (χ0n) is 9.83. The number of nitrogens with zero attached hydrogens (tertiary/aromatic N) is 1. The van der Waals surface area contributed by atoms with Crippen LogP contribution in [-0.2, 0) is 6.42 Å². The van der Waals surface area contributed by atoms with Crippen LogP contribution in [0.2, 0.25) is 0 Å². The van der Waals surface area contributed by atoms with Gasteiger partial charge in [-0.3, -0.25) is 4.79 Å². The summed E-state index contributed by atoms with van der Waals surface area (Å²) >= 11 is 5.94. The van der Waals surface area contributed by atoms with E-state index in [0.717, 1.165) is 27.3 Å². The Morgan fingerprint density at radius 2 is 2.18 bits per heavy atom. The summed E-state index contributed by atoms with van der Waals surface area (Å²) in [5, 5.41) is 0.838. The summed E-state index contributed by atoms with van der Waals surface area (Å²) in [4.78, 5) is 19.4. The van der Waals surface area contributed by atoms with Gasteiger partial charge in [0.15, 0.2) is 0 Å². The summed E-state index contributed by atoms with van der Waals surface area (Å²) in [7, 11) is 0. The van der Waals surface area contributed by atoms with Gasteiger partial charge in [0, 0.05) is 16.8 Å². The van der Waals surface area contributed by atoms with Gasteiger partial charge in [-0.05, 0) is 29.0 Å². The Morgan fingerprint density at radius 1 is 1.47 bits per heavy atom. The molecule has 17 heavy (non-hydrogen) atoms. The van der Waals surface area contributed by atoms with E-state index in [1.54, 1.807) is 0 Å². The number of H-pyrrole nitrogens is 1. The number of aromatic amines is 1. The Bertz CT molecular complexity index is 463. The van der Waals surface area contributed by atoms with Gasteiger partial charge in [0.05, 0.1) is 14.5 Å².